The van der Waals surface area contributed by atoms with Crippen molar-refractivity contribution < 1.29 is 9.53 Å². The van der Waals surface area contributed by atoms with E-state index < -0.39 is 0 Å². The van der Waals surface area contributed by atoms with E-state index in [1.165, 1.54) is 5.56 Å². The molecule has 5 nitrogen and oxygen atoms in total. The lowest BCUT2D eigenvalue weighted by molar-refractivity contribution is -0.129. The number of aromatic nitrogens is 2. The van der Waals surface area contributed by atoms with Crippen LogP contribution in [0.3, 0.4) is 0 Å². The van der Waals surface area contributed by atoms with E-state index in [4.69, 9.17) is 4.74 Å². The van der Waals surface area contributed by atoms with Crippen LogP contribution >= 0.6 is 11.3 Å². The van der Waals surface area contributed by atoms with Crippen LogP contribution in [0.5, 0.6) is 5.75 Å². The molecule has 0 atom stereocenters. The lowest BCUT2D eigenvalue weighted by atomic mass is 10.2. The molecule has 3 aromatic rings. The van der Waals surface area contributed by atoms with Crippen LogP contribution in [0.1, 0.15) is 17.7 Å². The van der Waals surface area contributed by atoms with Gasteiger partial charge in [-0.15, -0.1) is 11.3 Å². The first-order valence-electron chi connectivity index (χ1n) is 8.87. The zero-order chi connectivity index (χ0) is 19.1. The highest BCUT2D eigenvalue weighted by molar-refractivity contribution is 7.13. The second kappa shape index (κ2) is 9.28. The van der Waals surface area contributed by atoms with E-state index >= 15 is 0 Å². The van der Waals surface area contributed by atoms with Crippen LogP contribution in [0.25, 0.3) is 10.6 Å². The van der Waals surface area contributed by atoms with E-state index in [1.54, 1.807) is 35.7 Å². The molecule has 0 unspecified atom stereocenters. The third-order valence-corrected chi connectivity index (χ3v) is 5.31. The van der Waals surface area contributed by atoms with Crippen molar-refractivity contribution in [3.8, 4) is 16.3 Å². The van der Waals surface area contributed by atoms with Crippen molar-refractivity contribution in [2.45, 2.75) is 19.3 Å². The van der Waals surface area contributed by atoms with Crippen LogP contribution in [-0.2, 0) is 17.6 Å². The molecule has 1 amide bonds. The number of carbonyl (C=O) groups is 1. The maximum absolute atomic E-state index is 12.4. The monoisotopic (exact) mass is 381 g/mol. The number of aryl methyl sites for hydroxylation is 1. The van der Waals surface area contributed by atoms with E-state index in [1.807, 2.05) is 48.8 Å². The molecule has 0 aliphatic heterocycles. The number of benzene rings is 1. The van der Waals surface area contributed by atoms with Crippen molar-refractivity contribution in [1.82, 2.24) is 14.9 Å². The summed E-state index contributed by atoms with van der Waals surface area (Å²) in [5.74, 6) is 0.954. The van der Waals surface area contributed by atoms with E-state index in [9.17, 15) is 4.79 Å². The van der Waals surface area contributed by atoms with E-state index in [0.29, 0.717) is 19.4 Å². The van der Waals surface area contributed by atoms with Gasteiger partial charge >= 0.3 is 0 Å². The Morgan fingerprint density at radius 2 is 2.00 bits per heavy atom. The molecule has 0 aliphatic rings. The summed E-state index contributed by atoms with van der Waals surface area (Å²) in [6.45, 7) is 0.703. The van der Waals surface area contributed by atoms with E-state index in [2.05, 4.69) is 9.97 Å². The van der Waals surface area contributed by atoms with Crippen molar-refractivity contribution in [2.75, 3.05) is 20.7 Å². The molecule has 0 fully saturated rings. The normalized spacial score (nSPS) is 10.6. The largest absolute Gasteiger partial charge is 0.497 e. The van der Waals surface area contributed by atoms with Crippen molar-refractivity contribution in [2.24, 2.45) is 0 Å². The van der Waals surface area contributed by atoms with Gasteiger partial charge in [0.25, 0.3) is 0 Å². The van der Waals surface area contributed by atoms with E-state index in [-0.39, 0.29) is 5.91 Å². The lowest BCUT2D eigenvalue weighted by Gasteiger charge is -2.16. The number of likely N-dealkylation sites (N-methyl/N-ethyl adjacent to an activating group) is 1. The van der Waals surface area contributed by atoms with Gasteiger partial charge in [-0.25, -0.2) is 4.98 Å². The van der Waals surface area contributed by atoms with E-state index in [0.717, 1.165) is 28.4 Å². The molecule has 1 aromatic carbocycles. The zero-order valence-corrected chi connectivity index (χ0v) is 16.4. The molecule has 3 rings (SSSR count). The molecular weight excluding hydrogens is 358 g/mol. The molecule has 0 bridgehead atoms. The molecule has 0 saturated carbocycles. The van der Waals surface area contributed by atoms with Gasteiger partial charge in [-0.2, -0.15) is 0 Å². The Morgan fingerprint density at radius 3 is 2.78 bits per heavy atom. The molecule has 0 aliphatic carbocycles. The van der Waals surface area contributed by atoms with Crippen LogP contribution in [0.15, 0.2) is 54.2 Å². The highest BCUT2D eigenvalue weighted by Gasteiger charge is 2.11. The average Bonchev–Trinajstić information content (AvgIpc) is 3.20. The number of nitrogens with zero attached hydrogens (tertiary/aromatic N) is 3. The number of hydrogen-bond acceptors (Lipinski definition) is 5. The predicted molar refractivity (Wildman–Crippen MR) is 108 cm³/mol. The maximum atomic E-state index is 12.4. The third kappa shape index (κ3) is 5.37. The van der Waals surface area contributed by atoms with Gasteiger partial charge in [0.05, 0.1) is 12.8 Å². The molecule has 0 spiro atoms. The quantitative estimate of drug-likeness (QED) is 0.595. The van der Waals surface area contributed by atoms with Crippen LogP contribution < -0.4 is 4.74 Å². The molecule has 0 N–H and O–H groups in total. The Balaban J connectivity index is 1.51. The summed E-state index contributed by atoms with van der Waals surface area (Å²) in [7, 11) is 3.51. The first-order valence-corrected chi connectivity index (χ1v) is 9.75. The first-order chi connectivity index (χ1) is 13.2. The molecule has 0 saturated heterocycles. The SMILES string of the molecule is COc1cccc(-c2nc(CCC(=O)N(C)CCc3ccncc3)cs2)c1. The van der Waals surface area contributed by atoms with Gasteiger partial charge in [-0.3, -0.25) is 9.78 Å². The molecule has 140 valence electrons. The van der Waals surface area contributed by atoms with Gasteiger partial charge in [0.2, 0.25) is 5.91 Å². The fraction of sp³-hybridized carbons (Fsp3) is 0.286. The molecule has 2 aromatic heterocycles. The highest BCUT2D eigenvalue weighted by atomic mass is 32.1. The number of rotatable bonds is 8. The van der Waals surface area contributed by atoms with Crippen LogP contribution in [0, 0.1) is 0 Å². The standard InChI is InChI=1S/C21H23N3O2S/c1-24(13-10-16-8-11-22-12-9-16)20(25)7-6-18-15-27-21(23-18)17-4-3-5-19(14-17)26-2/h3-5,8-9,11-12,14-15H,6-7,10,13H2,1-2H3. The molecule has 27 heavy (non-hydrogen) atoms. The fourth-order valence-corrected chi connectivity index (χ4v) is 3.56. The zero-order valence-electron chi connectivity index (χ0n) is 15.6. The first kappa shape index (κ1) is 19.0. The Bertz CT molecular complexity index is 880. The Morgan fingerprint density at radius 1 is 1.19 bits per heavy atom. The lowest BCUT2D eigenvalue weighted by Crippen LogP contribution is -2.29. The predicted octanol–water partition coefficient (Wildman–Crippen LogP) is 3.85. The second-order valence-electron chi connectivity index (χ2n) is 6.30. The van der Waals surface area contributed by atoms with Crippen molar-refractivity contribution in [3.63, 3.8) is 0 Å². The average molecular weight is 382 g/mol. The summed E-state index contributed by atoms with van der Waals surface area (Å²) < 4.78 is 5.27. The smallest absolute Gasteiger partial charge is 0.222 e. The minimum atomic E-state index is 0.139. The number of thiazole rings is 1. The maximum Gasteiger partial charge on any atom is 0.222 e. The molecule has 6 heteroatoms. The van der Waals surface area contributed by atoms with Gasteiger partial charge in [-0.1, -0.05) is 12.1 Å². The Labute approximate surface area is 163 Å². The molecular formula is C21H23N3O2S. The topological polar surface area (TPSA) is 55.3 Å². The minimum absolute atomic E-state index is 0.139. The van der Waals surface area contributed by atoms with Crippen molar-refractivity contribution in [1.29, 1.82) is 0 Å². The summed E-state index contributed by atoms with van der Waals surface area (Å²) >= 11 is 1.59. The number of carbonyl (C=O) groups excluding carboxylic acids is 1. The number of methoxy groups -OCH3 is 1. The second-order valence-corrected chi connectivity index (χ2v) is 7.15. The summed E-state index contributed by atoms with van der Waals surface area (Å²) in [4.78, 5) is 22.8. The highest BCUT2D eigenvalue weighted by Crippen LogP contribution is 2.27. The van der Waals surface area contributed by atoms with Gasteiger partial charge in [0, 0.05) is 43.4 Å². The van der Waals surface area contributed by atoms with Gasteiger partial charge in [0.1, 0.15) is 10.8 Å². The summed E-state index contributed by atoms with van der Waals surface area (Å²) in [5, 5.41) is 2.97. The molecule has 0 radical (unpaired) electrons. The summed E-state index contributed by atoms with van der Waals surface area (Å²) in [5.41, 5.74) is 3.17. The fourth-order valence-electron chi connectivity index (χ4n) is 2.71. The van der Waals surface area contributed by atoms with Gasteiger partial charge < -0.3 is 9.64 Å². The van der Waals surface area contributed by atoms with Crippen molar-refractivity contribution in [3.05, 3.63) is 65.4 Å². The van der Waals surface area contributed by atoms with Gasteiger partial charge in [0.15, 0.2) is 0 Å². The summed E-state index contributed by atoms with van der Waals surface area (Å²) in [6.07, 6.45) is 5.51. The summed E-state index contributed by atoms with van der Waals surface area (Å²) in [6, 6.07) is 11.8. The number of pyridine rings is 1. The van der Waals surface area contributed by atoms with Crippen LogP contribution in [0.4, 0.5) is 0 Å². The number of hydrogen-bond donors (Lipinski definition) is 0. The minimum Gasteiger partial charge on any atom is -0.497 e. The molecule has 2 heterocycles. The number of amides is 1. The third-order valence-electron chi connectivity index (χ3n) is 4.37. The van der Waals surface area contributed by atoms with Gasteiger partial charge in [-0.05, 0) is 42.7 Å². The van der Waals surface area contributed by atoms with Crippen LogP contribution in [0.2, 0.25) is 0 Å². The van der Waals surface area contributed by atoms with Crippen LogP contribution in [-0.4, -0.2) is 41.5 Å². The van der Waals surface area contributed by atoms with Crippen molar-refractivity contribution >= 4 is 17.2 Å². The number of ether oxygens (including phenoxy) is 1. The Hall–Kier alpha value is -2.73. The Kier molecular flexibility index (Phi) is 6.54.